The Kier molecular flexibility index (Phi) is 5.02. The van der Waals surface area contributed by atoms with Crippen LogP contribution in [0.15, 0.2) is 53.7 Å². The lowest BCUT2D eigenvalue weighted by Gasteiger charge is -2.32. The summed E-state index contributed by atoms with van der Waals surface area (Å²) in [6.07, 6.45) is 6.30. The van der Waals surface area contributed by atoms with E-state index < -0.39 is 0 Å². The van der Waals surface area contributed by atoms with Gasteiger partial charge in [-0.05, 0) is 42.7 Å². The molecule has 0 radical (unpaired) electrons. The van der Waals surface area contributed by atoms with Gasteiger partial charge in [0.15, 0.2) is 0 Å². The van der Waals surface area contributed by atoms with Crippen molar-refractivity contribution in [3.05, 3.63) is 59.3 Å². The molecule has 0 unspecified atom stereocenters. The third kappa shape index (κ3) is 3.67. The second-order valence-corrected chi connectivity index (χ2v) is 8.14. The highest BCUT2D eigenvalue weighted by molar-refractivity contribution is 6.03. The summed E-state index contributed by atoms with van der Waals surface area (Å²) in [5.41, 5.74) is 15.0. The average Bonchev–Trinajstić information content (AvgIpc) is 2.79. The molecule has 1 aliphatic heterocycles. The van der Waals surface area contributed by atoms with Crippen LogP contribution < -0.4 is 17.0 Å². The summed E-state index contributed by atoms with van der Waals surface area (Å²) in [6.45, 7) is 1.65. The van der Waals surface area contributed by atoms with Crippen LogP contribution in [0.4, 0.5) is 5.82 Å². The Hall–Kier alpha value is -3.85. The molecule has 1 fully saturated rings. The molecular formula is C23H23N7O2. The molecule has 1 aromatic carbocycles. The third-order valence-corrected chi connectivity index (χ3v) is 6.03. The maximum atomic E-state index is 13.0. The van der Waals surface area contributed by atoms with Gasteiger partial charge in [0.05, 0.1) is 30.0 Å². The lowest BCUT2D eigenvalue weighted by atomic mass is 10.0. The zero-order valence-electron chi connectivity index (χ0n) is 17.4. The second-order valence-electron chi connectivity index (χ2n) is 8.14. The lowest BCUT2D eigenvalue weighted by molar-refractivity contribution is -0.119. The molecule has 0 atom stereocenters. The topological polar surface area (TPSA) is 133 Å². The van der Waals surface area contributed by atoms with Crippen LogP contribution in [-0.4, -0.2) is 50.0 Å². The van der Waals surface area contributed by atoms with Gasteiger partial charge in [-0.2, -0.15) is 0 Å². The molecule has 3 aromatic heterocycles. The second kappa shape index (κ2) is 8.01. The highest BCUT2D eigenvalue weighted by atomic mass is 16.1. The molecular weight excluding hydrogens is 406 g/mol. The van der Waals surface area contributed by atoms with Gasteiger partial charge in [-0.1, -0.05) is 6.07 Å². The van der Waals surface area contributed by atoms with Crippen molar-refractivity contribution in [2.24, 2.45) is 5.73 Å². The number of hydrogen-bond donors (Lipinski definition) is 2. The van der Waals surface area contributed by atoms with Crippen LogP contribution in [0, 0.1) is 0 Å². The molecule has 4 heterocycles. The summed E-state index contributed by atoms with van der Waals surface area (Å²) in [5, 5.41) is 0.863. The highest BCUT2D eigenvalue weighted by Crippen LogP contribution is 2.31. The van der Waals surface area contributed by atoms with Crippen molar-refractivity contribution in [3.8, 4) is 11.1 Å². The number of anilines is 1. The number of nitrogen functional groups attached to an aromatic ring is 1. The number of amides is 1. The average molecular weight is 429 g/mol. The number of pyridine rings is 2. The van der Waals surface area contributed by atoms with E-state index in [1.54, 1.807) is 18.5 Å². The molecule has 9 nitrogen and oxygen atoms in total. The van der Waals surface area contributed by atoms with Crippen molar-refractivity contribution in [2.45, 2.75) is 18.9 Å². The predicted octanol–water partition coefficient (Wildman–Crippen LogP) is 1.71. The molecule has 0 spiro atoms. The van der Waals surface area contributed by atoms with Crippen molar-refractivity contribution in [3.63, 3.8) is 0 Å². The van der Waals surface area contributed by atoms with Gasteiger partial charge < -0.3 is 16.0 Å². The Morgan fingerprint density at radius 3 is 2.44 bits per heavy atom. The first-order valence-electron chi connectivity index (χ1n) is 10.5. The van der Waals surface area contributed by atoms with E-state index in [0.29, 0.717) is 24.4 Å². The maximum absolute atomic E-state index is 13.0. The van der Waals surface area contributed by atoms with E-state index in [4.69, 9.17) is 11.5 Å². The number of benzene rings is 1. The van der Waals surface area contributed by atoms with Crippen LogP contribution in [-0.2, 0) is 4.79 Å². The Bertz CT molecular complexity index is 1370. The first kappa shape index (κ1) is 20.1. The fourth-order valence-electron chi connectivity index (χ4n) is 4.49. The fourth-order valence-corrected chi connectivity index (χ4v) is 4.49. The Morgan fingerprint density at radius 2 is 1.72 bits per heavy atom. The number of piperidine rings is 1. The van der Waals surface area contributed by atoms with Gasteiger partial charge in [0.25, 0.3) is 5.56 Å². The van der Waals surface area contributed by atoms with Crippen LogP contribution in [0.5, 0.6) is 0 Å². The number of hydrogen-bond acceptors (Lipinski definition) is 7. The fraction of sp³-hybridized carbons (Fsp3) is 0.261. The van der Waals surface area contributed by atoms with Gasteiger partial charge in [0, 0.05) is 36.3 Å². The van der Waals surface area contributed by atoms with E-state index in [-0.39, 0.29) is 24.1 Å². The van der Waals surface area contributed by atoms with E-state index in [1.165, 1.54) is 6.20 Å². The van der Waals surface area contributed by atoms with Crippen LogP contribution >= 0.6 is 0 Å². The number of primary amides is 1. The monoisotopic (exact) mass is 429 g/mol. The van der Waals surface area contributed by atoms with Crippen molar-refractivity contribution in [2.75, 3.05) is 25.4 Å². The van der Waals surface area contributed by atoms with Crippen LogP contribution in [0.1, 0.15) is 18.9 Å². The SMILES string of the molecule is NC(=O)CN1CCC(n2c(=O)cnc3cnc4ccc(-c5ccc(N)nc5)cc4c32)CC1. The number of rotatable bonds is 4. The van der Waals surface area contributed by atoms with E-state index in [0.717, 1.165) is 40.4 Å². The molecule has 1 aliphatic rings. The number of nitrogens with zero attached hydrogens (tertiary/aromatic N) is 5. The normalized spacial score (nSPS) is 15.4. The third-order valence-electron chi connectivity index (χ3n) is 6.03. The lowest BCUT2D eigenvalue weighted by Crippen LogP contribution is -2.41. The molecule has 32 heavy (non-hydrogen) atoms. The van der Waals surface area contributed by atoms with Crippen molar-refractivity contribution in [1.29, 1.82) is 0 Å². The Balaban J connectivity index is 1.63. The van der Waals surface area contributed by atoms with Crippen molar-refractivity contribution >= 4 is 33.7 Å². The van der Waals surface area contributed by atoms with Gasteiger partial charge in [-0.15, -0.1) is 0 Å². The predicted molar refractivity (Wildman–Crippen MR) is 123 cm³/mol. The van der Waals surface area contributed by atoms with Gasteiger partial charge in [0.1, 0.15) is 11.3 Å². The number of nitrogens with two attached hydrogens (primary N) is 2. The molecule has 0 bridgehead atoms. The van der Waals surface area contributed by atoms with Crippen LogP contribution in [0.25, 0.3) is 33.1 Å². The molecule has 162 valence electrons. The van der Waals surface area contributed by atoms with Crippen molar-refractivity contribution < 1.29 is 4.79 Å². The first-order chi connectivity index (χ1) is 15.5. The summed E-state index contributed by atoms with van der Waals surface area (Å²) in [6, 6.07) is 9.63. The van der Waals surface area contributed by atoms with Crippen molar-refractivity contribution in [1.82, 2.24) is 24.4 Å². The number of carbonyl (C=O) groups excluding carboxylic acids is 1. The number of aromatic nitrogens is 4. The van der Waals surface area contributed by atoms with Gasteiger partial charge in [0.2, 0.25) is 5.91 Å². The van der Waals surface area contributed by atoms with Gasteiger partial charge in [-0.3, -0.25) is 19.5 Å². The summed E-state index contributed by atoms with van der Waals surface area (Å²) in [5.74, 6) is 0.124. The highest BCUT2D eigenvalue weighted by Gasteiger charge is 2.24. The van der Waals surface area contributed by atoms with Gasteiger partial charge in [-0.25, -0.2) is 9.97 Å². The molecule has 0 aliphatic carbocycles. The number of fused-ring (bicyclic) bond motifs is 3. The summed E-state index contributed by atoms with van der Waals surface area (Å²) < 4.78 is 1.85. The van der Waals surface area contributed by atoms with E-state index in [9.17, 15) is 9.59 Å². The van der Waals surface area contributed by atoms with E-state index in [1.807, 2.05) is 33.7 Å². The standard InChI is InChI=1S/C23H23N7O2/c24-20-4-2-15(10-28-20)14-1-3-18-17(9-14)23-19(11-26-18)27-12-22(32)30(23)16-5-7-29(8-6-16)13-21(25)31/h1-4,9-12,16H,5-8,13H2,(H2,24,28)(H2,25,31). The molecule has 1 amide bonds. The van der Waals surface area contributed by atoms with E-state index in [2.05, 4.69) is 15.0 Å². The Labute approximate surface area is 183 Å². The number of carbonyl (C=O) groups is 1. The summed E-state index contributed by atoms with van der Waals surface area (Å²) >= 11 is 0. The minimum absolute atomic E-state index is 0.00423. The first-order valence-corrected chi connectivity index (χ1v) is 10.5. The minimum Gasteiger partial charge on any atom is -0.384 e. The minimum atomic E-state index is -0.336. The largest absolute Gasteiger partial charge is 0.384 e. The molecule has 1 saturated heterocycles. The zero-order valence-corrected chi connectivity index (χ0v) is 17.4. The maximum Gasteiger partial charge on any atom is 0.269 e. The van der Waals surface area contributed by atoms with Gasteiger partial charge >= 0.3 is 0 Å². The quantitative estimate of drug-likeness (QED) is 0.472. The summed E-state index contributed by atoms with van der Waals surface area (Å²) in [7, 11) is 0. The van der Waals surface area contributed by atoms with Crippen LogP contribution in [0.2, 0.25) is 0 Å². The zero-order chi connectivity index (χ0) is 22.2. The van der Waals surface area contributed by atoms with E-state index >= 15 is 0 Å². The Morgan fingerprint density at radius 1 is 0.969 bits per heavy atom. The molecule has 5 rings (SSSR count). The molecule has 9 heteroatoms. The summed E-state index contributed by atoms with van der Waals surface area (Å²) in [4.78, 5) is 39.4. The smallest absolute Gasteiger partial charge is 0.269 e. The van der Waals surface area contributed by atoms with Crippen LogP contribution in [0.3, 0.4) is 0 Å². The molecule has 4 N–H and O–H groups in total. The molecule has 4 aromatic rings. The molecule has 0 saturated carbocycles. The number of likely N-dealkylation sites (tertiary alicyclic amines) is 1.